The van der Waals surface area contributed by atoms with Crippen LogP contribution in [0.25, 0.3) is 0 Å². The molecule has 1 unspecified atom stereocenters. The fourth-order valence-corrected chi connectivity index (χ4v) is 7.48. The summed E-state index contributed by atoms with van der Waals surface area (Å²) in [5.41, 5.74) is 0. The van der Waals surface area contributed by atoms with Crippen LogP contribution in [0.15, 0.2) is 0 Å². The summed E-state index contributed by atoms with van der Waals surface area (Å²) in [6.45, 7) is 9.01. The van der Waals surface area contributed by atoms with Crippen molar-refractivity contribution in [2.75, 3.05) is 13.2 Å². The van der Waals surface area contributed by atoms with Gasteiger partial charge in [-0.2, -0.15) is 0 Å². The topological polar surface area (TPSA) is 78.9 Å². The van der Waals surface area contributed by atoms with Crippen LogP contribution in [-0.2, 0) is 28.6 Å². The first-order valence-electron chi connectivity index (χ1n) is 24.9. The first-order chi connectivity index (χ1) is 27.4. The summed E-state index contributed by atoms with van der Waals surface area (Å²) in [5.74, 6) is -0.00209. The lowest BCUT2D eigenvalue weighted by Gasteiger charge is -2.18. The third-order valence-corrected chi connectivity index (χ3v) is 11.7. The van der Waals surface area contributed by atoms with E-state index in [-0.39, 0.29) is 31.1 Å². The molecule has 0 rings (SSSR count). The maximum atomic E-state index is 12.8. The van der Waals surface area contributed by atoms with Gasteiger partial charge in [0.1, 0.15) is 13.2 Å². The Morgan fingerprint density at radius 1 is 0.357 bits per heavy atom. The molecule has 0 aliphatic heterocycles. The van der Waals surface area contributed by atoms with Crippen molar-refractivity contribution in [3.8, 4) is 0 Å². The first-order valence-corrected chi connectivity index (χ1v) is 24.9. The number of hydrogen-bond donors (Lipinski definition) is 0. The summed E-state index contributed by atoms with van der Waals surface area (Å²) in [5, 5.41) is 0. The molecular weight excluding hydrogens is 697 g/mol. The van der Waals surface area contributed by atoms with Crippen molar-refractivity contribution in [1.29, 1.82) is 0 Å². The number of ether oxygens (including phenoxy) is 3. The van der Waals surface area contributed by atoms with Gasteiger partial charge in [0.05, 0.1) is 0 Å². The molecule has 0 aliphatic carbocycles. The molecule has 56 heavy (non-hydrogen) atoms. The fraction of sp³-hybridized carbons (Fsp3) is 0.940. The SMILES string of the molecule is CCCCCCCCCCCCCCCCCCC(=O)O[C@@H](COC(=O)CCCCCCCCCCCC)COC(=O)CCCCCCCCCCC(C)CC. The van der Waals surface area contributed by atoms with E-state index in [1.54, 1.807) is 0 Å². The highest BCUT2D eigenvalue weighted by molar-refractivity contribution is 5.71. The van der Waals surface area contributed by atoms with Crippen molar-refractivity contribution in [2.45, 2.75) is 284 Å². The van der Waals surface area contributed by atoms with E-state index in [1.807, 2.05) is 0 Å². The summed E-state index contributed by atoms with van der Waals surface area (Å²) >= 11 is 0. The Balaban J connectivity index is 4.30. The van der Waals surface area contributed by atoms with Crippen molar-refractivity contribution in [2.24, 2.45) is 5.92 Å². The zero-order chi connectivity index (χ0) is 41.0. The number of rotatable bonds is 45. The minimum atomic E-state index is -0.760. The van der Waals surface area contributed by atoms with Crippen molar-refractivity contribution >= 4 is 17.9 Å². The van der Waals surface area contributed by atoms with Gasteiger partial charge in [0.25, 0.3) is 0 Å². The normalized spacial score (nSPS) is 12.4. The standard InChI is InChI=1S/C50H96O6/c1-5-8-10-12-14-16-18-19-20-21-22-23-25-31-35-39-43-50(53)56-47(44-54-48(51)41-37-33-29-24-17-15-13-11-9-6-2)45-55-49(52)42-38-34-30-27-26-28-32-36-40-46(4)7-3/h46-47H,5-45H2,1-4H3/t46?,47-/m0/s1. The minimum absolute atomic E-state index is 0.0636. The van der Waals surface area contributed by atoms with Gasteiger partial charge >= 0.3 is 17.9 Å². The maximum Gasteiger partial charge on any atom is 0.306 e. The highest BCUT2D eigenvalue weighted by atomic mass is 16.6. The number of carbonyl (C=O) groups excluding carboxylic acids is 3. The minimum Gasteiger partial charge on any atom is -0.462 e. The van der Waals surface area contributed by atoms with Crippen molar-refractivity contribution in [3.63, 3.8) is 0 Å². The molecule has 0 bridgehead atoms. The highest BCUT2D eigenvalue weighted by Gasteiger charge is 2.19. The lowest BCUT2D eigenvalue weighted by molar-refractivity contribution is -0.167. The number of unbranched alkanes of at least 4 members (excludes halogenated alkanes) is 31. The van der Waals surface area contributed by atoms with E-state index in [0.29, 0.717) is 19.3 Å². The molecule has 0 saturated carbocycles. The molecule has 332 valence electrons. The van der Waals surface area contributed by atoms with Gasteiger partial charge in [0.15, 0.2) is 6.10 Å². The quantitative estimate of drug-likeness (QED) is 0.0347. The number of carbonyl (C=O) groups is 3. The van der Waals surface area contributed by atoms with Gasteiger partial charge < -0.3 is 14.2 Å². The van der Waals surface area contributed by atoms with Crippen LogP contribution in [-0.4, -0.2) is 37.2 Å². The van der Waals surface area contributed by atoms with E-state index in [1.165, 1.54) is 173 Å². The molecule has 0 aromatic carbocycles. The second-order valence-electron chi connectivity index (χ2n) is 17.3. The molecular formula is C50H96O6. The van der Waals surface area contributed by atoms with E-state index in [2.05, 4.69) is 27.7 Å². The first kappa shape index (κ1) is 54.4. The van der Waals surface area contributed by atoms with Gasteiger partial charge in [-0.05, 0) is 25.2 Å². The smallest absolute Gasteiger partial charge is 0.306 e. The summed E-state index contributed by atoms with van der Waals surface area (Å²) in [6, 6.07) is 0. The monoisotopic (exact) mass is 793 g/mol. The summed E-state index contributed by atoms with van der Waals surface area (Å²) < 4.78 is 16.8. The van der Waals surface area contributed by atoms with E-state index in [0.717, 1.165) is 63.7 Å². The predicted octanol–water partition coefficient (Wildman–Crippen LogP) is 15.9. The zero-order valence-corrected chi connectivity index (χ0v) is 38.1. The van der Waals surface area contributed by atoms with Gasteiger partial charge in [-0.25, -0.2) is 0 Å². The van der Waals surface area contributed by atoms with Crippen molar-refractivity contribution in [3.05, 3.63) is 0 Å². The van der Waals surface area contributed by atoms with Gasteiger partial charge in [-0.1, -0.05) is 240 Å². The van der Waals surface area contributed by atoms with E-state index < -0.39 is 6.10 Å². The Hall–Kier alpha value is -1.59. The third-order valence-electron chi connectivity index (χ3n) is 11.7. The Morgan fingerprint density at radius 2 is 0.625 bits per heavy atom. The number of hydrogen-bond acceptors (Lipinski definition) is 6. The molecule has 6 nitrogen and oxygen atoms in total. The average molecular weight is 793 g/mol. The van der Waals surface area contributed by atoms with Gasteiger partial charge in [0, 0.05) is 19.3 Å². The molecule has 0 saturated heterocycles. The highest BCUT2D eigenvalue weighted by Crippen LogP contribution is 2.17. The summed E-state index contributed by atoms with van der Waals surface area (Å²) in [7, 11) is 0. The molecule has 0 heterocycles. The molecule has 0 radical (unpaired) electrons. The Labute approximate surface area is 348 Å². The van der Waals surface area contributed by atoms with Crippen LogP contribution < -0.4 is 0 Å². The van der Waals surface area contributed by atoms with Gasteiger partial charge in [-0.15, -0.1) is 0 Å². The molecule has 0 aromatic rings. The Morgan fingerprint density at radius 3 is 0.929 bits per heavy atom. The van der Waals surface area contributed by atoms with Gasteiger partial charge in [-0.3, -0.25) is 14.4 Å². The van der Waals surface area contributed by atoms with Crippen LogP contribution in [0.1, 0.15) is 278 Å². The lowest BCUT2D eigenvalue weighted by Crippen LogP contribution is -2.30. The molecule has 6 heteroatoms. The fourth-order valence-electron chi connectivity index (χ4n) is 7.48. The van der Waals surface area contributed by atoms with Crippen LogP contribution in [0.5, 0.6) is 0 Å². The lowest BCUT2D eigenvalue weighted by atomic mass is 9.99. The third kappa shape index (κ3) is 42.0. The Kier molecular flexibility index (Phi) is 43.2. The van der Waals surface area contributed by atoms with Crippen molar-refractivity contribution in [1.82, 2.24) is 0 Å². The largest absolute Gasteiger partial charge is 0.462 e. The second-order valence-corrected chi connectivity index (χ2v) is 17.3. The summed E-state index contributed by atoms with van der Waals surface area (Å²) in [6.07, 6.45) is 45.1. The molecule has 0 fully saturated rings. The van der Waals surface area contributed by atoms with Gasteiger partial charge in [0.2, 0.25) is 0 Å². The van der Waals surface area contributed by atoms with E-state index in [4.69, 9.17) is 14.2 Å². The van der Waals surface area contributed by atoms with Crippen LogP contribution in [0, 0.1) is 5.92 Å². The van der Waals surface area contributed by atoms with Crippen LogP contribution in [0.2, 0.25) is 0 Å². The Bertz CT molecular complexity index is 843. The van der Waals surface area contributed by atoms with Crippen LogP contribution in [0.4, 0.5) is 0 Å². The van der Waals surface area contributed by atoms with Crippen LogP contribution in [0.3, 0.4) is 0 Å². The molecule has 0 aliphatic rings. The predicted molar refractivity (Wildman–Crippen MR) is 238 cm³/mol. The maximum absolute atomic E-state index is 12.8. The molecule has 2 atom stereocenters. The summed E-state index contributed by atoms with van der Waals surface area (Å²) in [4.78, 5) is 37.8. The molecule has 0 spiro atoms. The zero-order valence-electron chi connectivity index (χ0n) is 38.1. The second kappa shape index (κ2) is 44.5. The molecule has 0 N–H and O–H groups in total. The average Bonchev–Trinajstić information content (AvgIpc) is 3.19. The van der Waals surface area contributed by atoms with Crippen molar-refractivity contribution < 1.29 is 28.6 Å². The van der Waals surface area contributed by atoms with Crippen LogP contribution >= 0.6 is 0 Å². The van der Waals surface area contributed by atoms with E-state index in [9.17, 15) is 14.4 Å². The molecule has 0 amide bonds. The van der Waals surface area contributed by atoms with E-state index >= 15 is 0 Å². The molecule has 0 aromatic heterocycles. The number of esters is 3.